The fraction of sp³-hybridized carbons (Fsp3) is 0.481. The molecule has 4 rings (SSSR count). The lowest BCUT2D eigenvalue weighted by Gasteiger charge is -2.37. The summed E-state index contributed by atoms with van der Waals surface area (Å²) in [6.07, 6.45) is -3.75. The van der Waals surface area contributed by atoms with Crippen molar-refractivity contribution in [3.63, 3.8) is 0 Å². The number of rotatable bonds is 8. The minimum atomic E-state index is -4.24. The number of nitrogens with one attached hydrogen (secondary N) is 2. The molecular formula is C27H31ClF5N5O3. The topological polar surface area (TPSA) is 88.2 Å². The van der Waals surface area contributed by atoms with E-state index in [4.69, 9.17) is 11.6 Å². The van der Waals surface area contributed by atoms with E-state index < -0.39 is 41.7 Å². The highest BCUT2D eigenvalue weighted by Crippen LogP contribution is 2.31. The van der Waals surface area contributed by atoms with E-state index in [1.165, 1.54) is 23.1 Å². The number of benzene rings is 2. The Labute approximate surface area is 239 Å². The molecule has 2 fully saturated rings. The molecule has 2 heterocycles. The maximum atomic E-state index is 15.0. The van der Waals surface area contributed by atoms with Gasteiger partial charge in [0.1, 0.15) is 0 Å². The first kappa shape index (κ1) is 30.8. The first-order chi connectivity index (χ1) is 19.5. The number of urea groups is 1. The van der Waals surface area contributed by atoms with Gasteiger partial charge in [0.25, 0.3) is 5.91 Å². The number of carbonyl (C=O) groups excluding carboxylic acids is 2. The Morgan fingerprint density at radius 2 is 1.76 bits per heavy atom. The molecule has 41 heavy (non-hydrogen) atoms. The van der Waals surface area contributed by atoms with Crippen LogP contribution in [0.4, 0.5) is 38.1 Å². The maximum Gasteiger partial charge on any atom is 0.390 e. The Bertz CT molecular complexity index is 1260. The zero-order valence-electron chi connectivity index (χ0n) is 22.1. The van der Waals surface area contributed by atoms with Crippen molar-refractivity contribution in [3.05, 3.63) is 58.1 Å². The predicted molar refractivity (Wildman–Crippen MR) is 144 cm³/mol. The van der Waals surface area contributed by atoms with Crippen molar-refractivity contribution in [2.75, 3.05) is 56.1 Å². The summed E-state index contributed by atoms with van der Waals surface area (Å²) < 4.78 is 67.6. The number of piperazine rings is 1. The number of aliphatic hydroxyl groups excluding tert-OH is 1. The van der Waals surface area contributed by atoms with Crippen LogP contribution in [0.25, 0.3) is 0 Å². The number of nitrogens with zero attached hydrogens (tertiary/aromatic N) is 3. The molecule has 2 aliphatic rings. The van der Waals surface area contributed by atoms with Gasteiger partial charge in [-0.3, -0.25) is 9.69 Å². The summed E-state index contributed by atoms with van der Waals surface area (Å²) in [4.78, 5) is 30.4. The Morgan fingerprint density at radius 1 is 1.02 bits per heavy atom. The fourth-order valence-corrected chi connectivity index (χ4v) is 5.19. The summed E-state index contributed by atoms with van der Waals surface area (Å²) in [6.45, 7) is 1.33. The second-order valence-electron chi connectivity index (χ2n) is 10.0. The number of carbonyl (C=O) groups is 2. The van der Waals surface area contributed by atoms with Gasteiger partial charge in [0.05, 0.1) is 36.0 Å². The van der Waals surface area contributed by atoms with Gasteiger partial charge >= 0.3 is 12.2 Å². The highest BCUT2D eigenvalue weighted by Gasteiger charge is 2.30. The molecule has 0 saturated carbocycles. The minimum Gasteiger partial charge on any atom is -0.394 e. The van der Waals surface area contributed by atoms with Gasteiger partial charge in [-0.25, -0.2) is 13.6 Å². The van der Waals surface area contributed by atoms with Gasteiger partial charge in [0.15, 0.2) is 11.6 Å². The molecule has 2 aromatic rings. The van der Waals surface area contributed by atoms with Crippen molar-refractivity contribution >= 4 is 34.9 Å². The van der Waals surface area contributed by atoms with Crippen molar-refractivity contribution < 1.29 is 36.6 Å². The van der Waals surface area contributed by atoms with E-state index in [2.05, 4.69) is 10.6 Å². The summed E-state index contributed by atoms with van der Waals surface area (Å²) in [5.74, 6) is -3.56. The summed E-state index contributed by atoms with van der Waals surface area (Å²) in [6, 6.07) is 6.14. The average Bonchev–Trinajstić information content (AvgIpc) is 3.42. The van der Waals surface area contributed by atoms with Crippen LogP contribution in [0, 0.1) is 11.6 Å². The summed E-state index contributed by atoms with van der Waals surface area (Å²) in [5.41, 5.74) is 0.0889. The van der Waals surface area contributed by atoms with Gasteiger partial charge in [-0.2, -0.15) is 13.2 Å². The minimum absolute atomic E-state index is 0.109. The molecule has 1 atom stereocenters. The molecule has 0 unspecified atom stereocenters. The second-order valence-corrected chi connectivity index (χ2v) is 10.5. The van der Waals surface area contributed by atoms with Gasteiger partial charge in [-0.05, 0) is 37.1 Å². The molecule has 0 aliphatic carbocycles. The van der Waals surface area contributed by atoms with Crippen LogP contribution in [0.15, 0.2) is 30.3 Å². The molecule has 2 aromatic carbocycles. The second kappa shape index (κ2) is 13.2. The zero-order valence-corrected chi connectivity index (χ0v) is 22.9. The van der Waals surface area contributed by atoms with E-state index in [0.717, 1.165) is 12.5 Å². The molecular weight excluding hydrogens is 573 g/mol. The van der Waals surface area contributed by atoms with Crippen molar-refractivity contribution in [1.29, 1.82) is 0 Å². The zero-order chi connectivity index (χ0) is 29.7. The number of amides is 3. The number of hydrogen-bond donors (Lipinski definition) is 3. The molecule has 2 saturated heterocycles. The number of aliphatic hydroxyl groups is 1. The molecule has 3 N–H and O–H groups in total. The smallest absolute Gasteiger partial charge is 0.390 e. The fourth-order valence-electron chi connectivity index (χ4n) is 5.03. The maximum absolute atomic E-state index is 15.0. The number of hydrogen-bond acceptors (Lipinski definition) is 5. The van der Waals surface area contributed by atoms with Gasteiger partial charge < -0.3 is 25.5 Å². The number of halogens is 6. The molecule has 0 aromatic heterocycles. The van der Waals surface area contributed by atoms with Crippen LogP contribution in [0.1, 0.15) is 35.2 Å². The third kappa shape index (κ3) is 7.77. The lowest BCUT2D eigenvalue weighted by Crippen LogP contribution is -2.47. The van der Waals surface area contributed by atoms with Crippen LogP contribution in [0.2, 0.25) is 5.02 Å². The highest BCUT2D eigenvalue weighted by molar-refractivity contribution is 6.31. The van der Waals surface area contributed by atoms with Crippen molar-refractivity contribution in [3.8, 4) is 0 Å². The van der Waals surface area contributed by atoms with Crippen LogP contribution in [-0.2, 0) is 6.54 Å². The molecule has 3 amide bonds. The Morgan fingerprint density at radius 3 is 2.44 bits per heavy atom. The Kier molecular flexibility index (Phi) is 9.92. The number of likely N-dealkylation sites (tertiary alicyclic amines) is 1. The standard InChI is InChI=1S/C27H31ClF5N5O3/c28-18-4-6-21(22(14-18)37-12-10-36(11-13-37)9-7-27(31,32)33)35-25(40)20-5-3-17(23(29)24(20)30)15-34-26(41)38-8-1-2-19(38)16-39/h3-6,14,19,39H,1-2,7-13,15-16H2,(H,34,41)(H,35,40)/t19-/m1/s1. The van der Waals surface area contributed by atoms with E-state index in [9.17, 15) is 36.6 Å². The predicted octanol–water partition coefficient (Wildman–Crippen LogP) is 4.61. The summed E-state index contributed by atoms with van der Waals surface area (Å²) in [7, 11) is 0. The van der Waals surface area contributed by atoms with E-state index in [1.807, 2.05) is 4.90 Å². The Balaban J connectivity index is 1.41. The lowest BCUT2D eigenvalue weighted by molar-refractivity contribution is -0.138. The number of anilines is 2. The summed E-state index contributed by atoms with van der Waals surface area (Å²) >= 11 is 6.16. The van der Waals surface area contributed by atoms with E-state index in [-0.39, 0.29) is 37.0 Å². The van der Waals surface area contributed by atoms with Gasteiger partial charge in [-0.15, -0.1) is 0 Å². The normalized spacial score (nSPS) is 18.1. The highest BCUT2D eigenvalue weighted by atomic mass is 35.5. The Hall–Kier alpha value is -3.16. The molecule has 224 valence electrons. The number of alkyl halides is 3. The van der Waals surface area contributed by atoms with Crippen molar-refractivity contribution in [1.82, 2.24) is 15.1 Å². The average molecular weight is 604 g/mol. The largest absolute Gasteiger partial charge is 0.394 e. The van der Waals surface area contributed by atoms with Crippen LogP contribution >= 0.6 is 11.6 Å². The van der Waals surface area contributed by atoms with Crippen LogP contribution in [0.5, 0.6) is 0 Å². The van der Waals surface area contributed by atoms with E-state index in [1.54, 1.807) is 11.0 Å². The van der Waals surface area contributed by atoms with Gasteiger partial charge in [0.2, 0.25) is 0 Å². The van der Waals surface area contributed by atoms with Crippen LogP contribution in [-0.4, -0.2) is 84.9 Å². The SMILES string of the molecule is O=C(Nc1ccc(Cl)cc1N1CCN(CCC(F)(F)F)CC1)c1ccc(CNC(=O)N2CCC[C@@H]2CO)c(F)c1F. The molecule has 0 radical (unpaired) electrons. The van der Waals surface area contributed by atoms with Gasteiger partial charge in [0, 0.05) is 56.4 Å². The first-order valence-corrected chi connectivity index (χ1v) is 13.6. The van der Waals surface area contributed by atoms with Crippen molar-refractivity contribution in [2.24, 2.45) is 0 Å². The lowest BCUT2D eigenvalue weighted by atomic mass is 10.1. The first-order valence-electron chi connectivity index (χ1n) is 13.2. The molecule has 0 spiro atoms. The molecule has 14 heteroatoms. The van der Waals surface area contributed by atoms with E-state index >= 15 is 0 Å². The molecule has 0 bridgehead atoms. The quantitative estimate of drug-likeness (QED) is 0.384. The van der Waals surface area contributed by atoms with Crippen LogP contribution < -0.4 is 15.5 Å². The molecule has 8 nitrogen and oxygen atoms in total. The summed E-state index contributed by atoms with van der Waals surface area (Å²) in [5, 5.41) is 14.9. The third-order valence-corrected chi connectivity index (χ3v) is 7.55. The van der Waals surface area contributed by atoms with Crippen LogP contribution in [0.3, 0.4) is 0 Å². The molecule has 2 aliphatic heterocycles. The monoisotopic (exact) mass is 603 g/mol. The van der Waals surface area contributed by atoms with Crippen molar-refractivity contribution in [2.45, 2.75) is 38.0 Å². The third-order valence-electron chi connectivity index (χ3n) is 7.32. The van der Waals surface area contributed by atoms with E-state index in [0.29, 0.717) is 49.9 Å². The van der Waals surface area contributed by atoms with Gasteiger partial charge in [-0.1, -0.05) is 17.7 Å².